The Morgan fingerprint density at radius 2 is 1.70 bits per heavy atom. The quantitative estimate of drug-likeness (QED) is 0.420. The van der Waals surface area contributed by atoms with Gasteiger partial charge in [-0.2, -0.15) is 0 Å². The number of aromatic amines is 1. The fourth-order valence-electron chi connectivity index (χ4n) is 3.39. The molecule has 148 valence electrons. The SMILES string of the molecule is O=c1cc(COCc2ccccc2)nc2c(-c3cc(-c4ccccc4)cs3)c[nH]n12. The minimum atomic E-state index is -0.149. The van der Waals surface area contributed by atoms with E-state index in [2.05, 4.69) is 28.7 Å². The summed E-state index contributed by atoms with van der Waals surface area (Å²) in [7, 11) is 0. The Labute approximate surface area is 177 Å². The molecule has 3 aromatic heterocycles. The van der Waals surface area contributed by atoms with Crippen molar-refractivity contribution in [1.82, 2.24) is 14.6 Å². The fraction of sp³-hybridized carbons (Fsp3) is 0.0833. The second kappa shape index (κ2) is 8.10. The smallest absolute Gasteiger partial charge is 0.272 e. The van der Waals surface area contributed by atoms with Crippen LogP contribution in [0, 0.1) is 0 Å². The molecule has 0 bridgehead atoms. The summed E-state index contributed by atoms with van der Waals surface area (Å²) in [5, 5.41) is 5.14. The first kappa shape index (κ1) is 18.5. The normalized spacial score (nSPS) is 11.2. The molecular formula is C24H19N3O2S. The van der Waals surface area contributed by atoms with Gasteiger partial charge in [0.25, 0.3) is 5.56 Å². The molecule has 0 aliphatic rings. The van der Waals surface area contributed by atoms with Crippen molar-refractivity contribution in [2.24, 2.45) is 0 Å². The molecule has 0 atom stereocenters. The predicted molar refractivity (Wildman–Crippen MR) is 119 cm³/mol. The lowest BCUT2D eigenvalue weighted by Crippen LogP contribution is -2.16. The van der Waals surface area contributed by atoms with Crippen LogP contribution in [0.25, 0.3) is 27.2 Å². The Balaban J connectivity index is 1.43. The van der Waals surface area contributed by atoms with Crippen LogP contribution >= 0.6 is 11.3 Å². The first-order chi connectivity index (χ1) is 14.8. The van der Waals surface area contributed by atoms with Gasteiger partial charge in [-0.1, -0.05) is 60.7 Å². The molecule has 0 fully saturated rings. The molecular weight excluding hydrogens is 394 g/mol. The van der Waals surface area contributed by atoms with Gasteiger partial charge in [0.2, 0.25) is 0 Å². The Bertz CT molecular complexity index is 1340. The zero-order chi connectivity index (χ0) is 20.3. The van der Waals surface area contributed by atoms with E-state index in [4.69, 9.17) is 9.72 Å². The Hall–Kier alpha value is -3.48. The maximum absolute atomic E-state index is 12.5. The molecule has 5 rings (SSSR count). The number of hydrogen-bond donors (Lipinski definition) is 1. The molecule has 5 nitrogen and oxygen atoms in total. The highest BCUT2D eigenvalue weighted by atomic mass is 32.1. The van der Waals surface area contributed by atoms with Gasteiger partial charge in [-0.25, -0.2) is 9.50 Å². The number of thiophene rings is 1. The van der Waals surface area contributed by atoms with Gasteiger partial charge in [-0.15, -0.1) is 11.3 Å². The van der Waals surface area contributed by atoms with Crippen LogP contribution in [0.4, 0.5) is 0 Å². The third-order valence-electron chi connectivity index (χ3n) is 4.88. The Morgan fingerprint density at radius 1 is 0.933 bits per heavy atom. The summed E-state index contributed by atoms with van der Waals surface area (Å²) >= 11 is 1.64. The summed E-state index contributed by atoms with van der Waals surface area (Å²) in [6.45, 7) is 0.762. The number of ether oxygens (including phenoxy) is 1. The number of H-pyrrole nitrogens is 1. The molecule has 5 aromatic rings. The first-order valence-electron chi connectivity index (χ1n) is 9.64. The molecule has 0 aliphatic carbocycles. The minimum absolute atomic E-state index is 0.149. The van der Waals surface area contributed by atoms with Crippen molar-refractivity contribution in [2.75, 3.05) is 0 Å². The van der Waals surface area contributed by atoms with Crippen LogP contribution in [-0.4, -0.2) is 14.6 Å². The van der Waals surface area contributed by atoms with Crippen molar-refractivity contribution in [3.05, 3.63) is 106 Å². The number of fused-ring (bicyclic) bond motifs is 1. The molecule has 0 amide bonds. The van der Waals surface area contributed by atoms with E-state index in [1.807, 2.05) is 54.7 Å². The summed E-state index contributed by atoms with van der Waals surface area (Å²) in [6, 6.07) is 23.8. The number of aromatic nitrogens is 3. The largest absolute Gasteiger partial charge is 0.370 e. The maximum Gasteiger partial charge on any atom is 0.272 e. The summed E-state index contributed by atoms with van der Waals surface area (Å²) in [5.41, 5.74) is 5.40. The van der Waals surface area contributed by atoms with Gasteiger partial charge in [0, 0.05) is 17.1 Å². The van der Waals surface area contributed by atoms with Crippen LogP contribution in [0.3, 0.4) is 0 Å². The average molecular weight is 414 g/mol. The van der Waals surface area contributed by atoms with E-state index in [0.717, 1.165) is 21.6 Å². The molecule has 0 unspecified atom stereocenters. The lowest BCUT2D eigenvalue weighted by atomic mass is 10.1. The molecule has 30 heavy (non-hydrogen) atoms. The van der Waals surface area contributed by atoms with Gasteiger partial charge in [0.05, 0.1) is 24.5 Å². The lowest BCUT2D eigenvalue weighted by Gasteiger charge is -2.05. The molecule has 0 radical (unpaired) electrons. The molecule has 3 heterocycles. The first-order valence-corrected chi connectivity index (χ1v) is 10.5. The Morgan fingerprint density at radius 3 is 2.50 bits per heavy atom. The van der Waals surface area contributed by atoms with E-state index in [-0.39, 0.29) is 12.2 Å². The lowest BCUT2D eigenvalue weighted by molar-refractivity contribution is 0.104. The second-order valence-electron chi connectivity index (χ2n) is 6.98. The van der Waals surface area contributed by atoms with Gasteiger partial charge in [-0.05, 0) is 28.1 Å². The topological polar surface area (TPSA) is 59.4 Å². The van der Waals surface area contributed by atoms with Crippen molar-refractivity contribution in [3.8, 4) is 21.6 Å². The van der Waals surface area contributed by atoms with Crippen molar-refractivity contribution in [3.63, 3.8) is 0 Å². The van der Waals surface area contributed by atoms with Crippen molar-refractivity contribution in [2.45, 2.75) is 13.2 Å². The van der Waals surface area contributed by atoms with E-state index < -0.39 is 0 Å². The number of nitrogens with one attached hydrogen (secondary N) is 1. The van der Waals surface area contributed by atoms with Crippen LogP contribution in [0.5, 0.6) is 0 Å². The van der Waals surface area contributed by atoms with Crippen LogP contribution < -0.4 is 5.56 Å². The van der Waals surface area contributed by atoms with Gasteiger partial charge in [0.1, 0.15) is 0 Å². The highest BCUT2D eigenvalue weighted by Crippen LogP contribution is 2.34. The van der Waals surface area contributed by atoms with Crippen LogP contribution in [-0.2, 0) is 18.0 Å². The minimum Gasteiger partial charge on any atom is -0.370 e. The Kier molecular flexibility index (Phi) is 5.01. The van der Waals surface area contributed by atoms with E-state index in [1.54, 1.807) is 11.3 Å². The average Bonchev–Trinajstić information content (AvgIpc) is 3.43. The summed E-state index contributed by atoms with van der Waals surface area (Å²) in [5.74, 6) is 0. The maximum atomic E-state index is 12.5. The van der Waals surface area contributed by atoms with Gasteiger partial charge < -0.3 is 4.74 Å². The van der Waals surface area contributed by atoms with Crippen molar-refractivity contribution in [1.29, 1.82) is 0 Å². The molecule has 0 aliphatic heterocycles. The van der Waals surface area contributed by atoms with Gasteiger partial charge in [-0.3, -0.25) is 9.89 Å². The zero-order valence-electron chi connectivity index (χ0n) is 16.1. The predicted octanol–water partition coefficient (Wildman–Crippen LogP) is 5.13. The molecule has 0 spiro atoms. The van der Waals surface area contributed by atoms with Crippen LogP contribution in [0.1, 0.15) is 11.3 Å². The van der Waals surface area contributed by atoms with E-state index >= 15 is 0 Å². The molecule has 6 heteroatoms. The van der Waals surface area contributed by atoms with Crippen molar-refractivity contribution < 1.29 is 4.74 Å². The van der Waals surface area contributed by atoms with E-state index in [0.29, 0.717) is 17.9 Å². The van der Waals surface area contributed by atoms with Gasteiger partial charge >= 0.3 is 0 Å². The second-order valence-corrected chi connectivity index (χ2v) is 7.89. The van der Waals surface area contributed by atoms with Gasteiger partial charge in [0.15, 0.2) is 5.65 Å². The zero-order valence-corrected chi connectivity index (χ0v) is 16.9. The molecule has 0 saturated heterocycles. The van der Waals surface area contributed by atoms with Crippen LogP contribution in [0.2, 0.25) is 0 Å². The number of rotatable bonds is 6. The third-order valence-corrected chi connectivity index (χ3v) is 5.85. The van der Waals surface area contributed by atoms with Crippen LogP contribution in [0.15, 0.2) is 89.2 Å². The van der Waals surface area contributed by atoms with E-state index in [1.165, 1.54) is 16.1 Å². The number of nitrogens with zero attached hydrogens (tertiary/aromatic N) is 2. The molecule has 0 saturated carbocycles. The number of hydrogen-bond acceptors (Lipinski definition) is 4. The number of benzene rings is 2. The summed E-state index contributed by atoms with van der Waals surface area (Å²) < 4.78 is 7.25. The monoisotopic (exact) mass is 413 g/mol. The van der Waals surface area contributed by atoms with E-state index in [9.17, 15) is 4.79 Å². The highest BCUT2D eigenvalue weighted by Gasteiger charge is 2.13. The van der Waals surface area contributed by atoms with Crippen molar-refractivity contribution >= 4 is 17.0 Å². The fourth-order valence-corrected chi connectivity index (χ4v) is 4.32. The highest BCUT2D eigenvalue weighted by molar-refractivity contribution is 7.14. The summed E-state index contributed by atoms with van der Waals surface area (Å²) in [6.07, 6.45) is 1.83. The molecule has 1 N–H and O–H groups in total. The summed E-state index contributed by atoms with van der Waals surface area (Å²) in [4.78, 5) is 18.3. The standard InChI is InChI=1S/C24H19N3O2S/c28-23-12-20(15-29-14-17-7-3-1-4-8-17)26-24-21(13-25-27(23)24)22-11-19(16-30-22)18-9-5-2-6-10-18/h1-13,16,25H,14-15H2. The third kappa shape index (κ3) is 3.70. The molecule has 2 aromatic carbocycles.